The van der Waals surface area contributed by atoms with Crippen molar-refractivity contribution in [3.8, 4) is 0 Å². The molecule has 0 saturated heterocycles. The minimum atomic E-state index is -1.67. The van der Waals surface area contributed by atoms with Gasteiger partial charge in [-0.15, -0.1) is 0 Å². The number of unbranched alkanes of at least 4 members (excludes halogenated alkanes) is 1. The molecule has 35 heavy (non-hydrogen) atoms. The van der Waals surface area contributed by atoms with E-state index in [2.05, 4.69) is 16.0 Å². The van der Waals surface area contributed by atoms with Crippen molar-refractivity contribution in [2.24, 2.45) is 17.2 Å². The van der Waals surface area contributed by atoms with Crippen LogP contribution < -0.4 is 33.2 Å². The summed E-state index contributed by atoms with van der Waals surface area (Å²) in [6.45, 7) is 0.357. The Balaban J connectivity index is 5.55. The van der Waals surface area contributed by atoms with Crippen molar-refractivity contribution in [2.45, 2.75) is 69.1 Å². The van der Waals surface area contributed by atoms with Crippen LogP contribution in [0.3, 0.4) is 0 Å². The van der Waals surface area contributed by atoms with Crippen LogP contribution in [0.25, 0.3) is 0 Å². The van der Waals surface area contributed by atoms with Crippen LogP contribution in [0.4, 0.5) is 0 Å². The third-order valence-corrected chi connectivity index (χ3v) is 5.49. The van der Waals surface area contributed by atoms with Crippen LogP contribution >= 0.6 is 11.8 Å². The predicted octanol–water partition coefficient (Wildman–Crippen LogP) is -2.52. The zero-order valence-electron chi connectivity index (χ0n) is 19.7. The molecule has 0 spiro atoms. The monoisotopic (exact) mass is 520 g/mol. The maximum absolute atomic E-state index is 12.9. The molecule has 4 unspecified atom stereocenters. The van der Waals surface area contributed by atoms with E-state index in [9.17, 15) is 33.9 Å². The van der Waals surface area contributed by atoms with Gasteiger partial charge in [0.15, 0.2) is 0 Å². The number of hydrogen-bond acceptors (Lipinski definition) is 9. The van der Waals surface area contributed by atoms with Crippen LogP contribution in [-0.4, -0.2) is 88.5 Å². The van der Waals surface area contributed by atoms with Crippen molar-refractivity contribution in [1.82, 2.24) is 16.0 Å². The van der Waals surface area contributed by atoms with Gasteiger partial charge in [0.05, 0.1) is 12.5 Å². The van der Waals surface area contributed by atoms with E-state index in [4.69, 9.17) is 22.3 Å². The number of thioether (sulfide) groups is 1. The molecule has 200 valence electrons. The molecule has 0 aromatic heterocycles. The van der Waals surface area contributed by atoms with Gasteiger partial charge >= 0.3 is 11.9 Å². The molecule has 15 heteroatoms. The first kappa shape index (κ1) is 32.1. The highest BCUT2D eigenvalue weighted by atomic mass is 32.2. The highest BCUT2D eigenvalue weighted by molar-refractivity contribution is 7.98. The zero-order valence-corrected chi connectivity index (χ0v) is 20.5. The lowest BCUT2D eigenvalue weighted by molar-refractivity contribution is -0.144. The minimum Gasteiger partial charge on any atom is -0.481 e. The molecule has 14 nitrogen and oxygen atoms in total. The number of primary amides is 1. The molecule has 4 amide bonds. The first-order valence-corrected chi connectivity index (χ1v) is 12.4. The minimum absolute atomic E-state index is 0.177. The number of carboxylic acid groups (broad SMARTS) is 2. The lowest BCUT2D eigenvalue weighted by atomic mass is 10.0. The summed E-state index contributed by atoms with van der Waals surface area (Å²) in [6.07, 6.45) is 1.86. The molecule has 0 saturated carbocycles. The van der Waals surface area contributed by atoms with E-state index in [1.807, 2.05) is 6.26 Å². The molecule has 0 bridgehead atoms. The number of rotatable bonds is 19. The van der Waals surface area contributed by atoms with Gasteiger partial charge in [0.1, 0.15) is 18.1 Å². The second-order valence-electron chi connectivity index (χ2n) is 7.80. The van der Waals surface area contributed by atoms with E-state index < -0.39 is 72.6 Å². The molecule has 0 aliphatic carbocycles. The summed E-state index contributed by atoms with van der Waals surface area (Å²) in [5.41, 5.74) is 16.3. The highest BCUT2D eigenvalue weighted by Crippen LogP contribution is 2.07. The number of carbonyl (C=O) groups is 6. The quantitative estimate of drug-likeness (QED) is 0.0824. The number of hydrogen-bond donors (Lipinski definition) is 8. The standard InChI is InChI=1S/C20H36N6O8S/c1-35-9-7-11(22)17(30)24-12(4-2-3-8-21)18(31)25-13(5-6-16(28)29)19(32)26-14(20(33)34)10-15(23)27/h11-14H,2-10,21-22H2,1H3,(H2,23,27)(H,24,30)(H,25,31)(H,26,32)(H,28,29)(H,33,34). The molecule has 0 rings (SSSR count). The Morgan fingerprint density at radius 2 is 1.37 bits per heavy atom. The molecule has 0 heterocycles. The Hall–Kier alpha value is -2.91. The van der Waals surface area contributed by atoms with Crippen molar-refractivity contribution >= 4 is 47.3 Å². The average molecular weight is 521 g/mol. The van der Waals surface area contributed by atoms with Gasteiger partial charge in [0, 0.05) is 6.42 Å². The molecule has 0 aliphatic heterocycles. The molecule has 0 aromatic carbocycles. The zero-order chi connectivity index (χ0) is 27.0. The second-order valence-corrected chi connectivity index (χ2v) is 8.78. The van der Waals surface area contributed by atoms with Gasteiger partial charge in [-0.3, -0.25) is 24.0 Å². The van der Waals surface area contributed by atoms with Crippen LogP contribution in [0.15, 0.2) is 0 Å². The normalized spacial score (nSPS) is 14.1. The van der Waals surface area contributed by atoms with Crippen LogP contribution in [0.2, 0.25) is 0 Å². The lowest BCUT2D eigenvalue weighted by Crippen LogP contribution is -2.57. The lowest BCUT2D eigenvalue weighted by Gasteiger charge is -2.25. The largest absolute Gasteiger partial charge is 0.481 e. The Morgan fingerprint density at radius 1 is 0.829 bits per heavy atom. The summed E-state index contributed by atoms with van der Waals surface area (Å²) in [6, 6.07) is -5.06. The van der Waals surface area contributed by atoms with E-state index >= 15 is 0 Å². The number of carbonyl (C=O) groups excluding carboxylic acids is 4. The fourth-order valence-corrected chi connectivity index (χ4v) is 3.39. The van der Waals surface area contributed by atoms with Gasteiger partial charge in [0.25, 0.3) is 0 Å². The van der Waals surface area contributed by atoms with Gasteiger partial charge in [-0.25, -0.2) is 4.79 Å². The number of aliphatic carboxylic acids is 2. The fourth-order valence-electron chi connectivity index (χ4n) is 2.90. The predicted molar refractivity (Wildman–Crippen MR) is 128 cm³/mol. The fraction of sp³-hybridized carbons (Fsp3) is 0.700. The third kappa shape index (κ3) is 14.2. The smallest absolute Gasteiger partial charge is 0.326 e. The molecule has 0 radical (unpaired) electrons. The van der Waals surface area contributed by atoms with Crippen LogP contribution in [0.1, 0.15) is 44.9 Å². The summed E-state index contributed by atoms with van der Waals surface area (Å²) < 4.78 is 0. The summed E-state index contributed by atoms with van der Waals surface area (Å²) in [5.74, 6) is -5.50. The average Bonchev–Trinajstić information content (AvgIpc) is 2.78. The van der Waals surface area contributed by atoms with E-state index in [0.717, 1.165) is 0 Å². The van der Waals surface area contributed by atoms with E-state index in [-0.39, 0.29) is 12.8 Å². The number of carboxylic acids is 2. The van der Waals surface area contributed by atoms with Gasteiger partial charge in [-0.2, -0.15) is 11.8 Å². The summed E-state index contributed by atoms with van der Waals surface area (Å²) in [4.78, 5) is 71.5. The summed E-state index contributed by atoms with van der Waals surface area (Å²) in [7, 11) is 0. The summed E-state index contributed by atoms with van der Waals surface area (Å²) in [5, 5.41) is 25.2. The first-order chi connectivity index (χ1) is 16.4. The van der Waals surface area contributed by atoms with Crippen molar-refractivity contribution in [3.63, 3.8) is 0 Å². The van der Waals surface area contributed by atoms with Crippen LogP contribution in [-0.2, 0) is 28.8 Å². The highest BCUT2D eigenvalue weighted by Gasteiger charge is 2.31. The van der Waals surface area contributed by atoms with Gasteiger partial charge in [0.2, 0.25) is 23.6 Å². The van der Waals surface area contributed by atoms with Crippen molar-refractivity contribution in [2.75, 3.05) is 18.6 Å². The summed E-state index contributed by atoms with van der Waals surface area (Å²) >= 11 is 1.50. The van der Waals surface area contributed by atoms with Gasteiger partial charge in [-0.05, 0) is 50.7 Å². The maximum atomic E-state index is 12.9. The maximum Gasteiger partial charge on any atom is 0.326 e. The van der Waals surface area contributed by atoms with Crippen molar-refractivity contribution < 1.29 is 39.0 Å². The van der Waals surface area contributed by atoms with E-state index in [0.29, 0.717) is 31.6 Å². The van der Waals surface area contributed by atoms with E-state index in [1.165, 1.54) is 11.8 Å². The number of nitrogens with two attached hydrogens (primary N) is 3. The number of amides is 4. The Labute approximate surface area is 207 Å². The molecule has 11 N–H and O–H groups in total. The molecule has 4 atom stereocenters. The molecular formula is C20H36N6O8S. The SMILES string of the molecule is CSCCC(N)C(=O)NC(CCCCN)C(=O)NC(CCC(=O)O)C(=O)NC(CC(N)=O)C(=O)O. The van der Waals surface area contributed by atoms with Crippen LogP contribution in [0.5, 0.6) is 0 Å². The Morgan fingerprint density at radius 3 is 1.86 bits per heavy atom. The molecule has 0 fully saturated rings. The molecule has 0 aromatic rings. The van der Waals surface area contributed by atoms with Gasteiger partial charge in [-0.1, -0.05) is 0 Å². The Bertz CT molecular complexity index is 753. The topological polar surface area (TPSA) is 257 Å². The van der Waals surface area contributed by atoms with Crippen LogP contribution in [0, 0.1) is 0 Å². The number of nitrogens with one attached hydrogen (secondary N) is 3. The Kier molecular flexibility index (Phi) is 16.1. The van der Waals surface area contributed by atoms with Gasteiger partial charge < -0.3 is 43.4 Å². The van der Waals surface area contributed by atoms with Crippen molar-refractivity contribution in [1.29, 1.82) is 0 Å². The molecule has 0 aliphatic rings. The molecular weight excluding hydrogens is 484 g/mol. The second kappa shape index (κ2) is 17.5. The van der Waals surface area contributed by atoms with Crippen molar-refractivity contribution in [3.05, 3.63) is 0 Å². The first-order valence-electron chi connectivity index (χ1n) is 11.0. The van der Waals surface area contributed by atoms with E-state index in [1.54, 1.807) is 0 Å². The third-order valence-electron chi connectivity index (χ3n) is 4.85.